The van der Waals surface area contributed by atoms with E-state index in [0.717, 1.165) is 10.5 Å². The number of hydrogen-bond acceptors (Lipinski definition) is 4. The van der Waals surface area contributed by atoms with E-state index >= 15 is 0 Å². The number of allylic oxidation sites excluding steroid dienone is 4. The highest BCUT2D eigenvalue weighted by Crippen LogP contribution is 2.43. The average molecular weight is 344 g/mol. The van der Waals surface area contributed by atoms with Gasteiger partial charge in [-0.05, 0) is 42.5 Å². The molecule has 4 nitrogen and oxygen atoms in total. The van der Waals surface area contributed by atoms with E-state index in [2.05, 4.69) is 29.8 Å². The predicted octanol–water partition coefficient (Wildman–Crippen LogP) is 4.26. The van der Waals surface area contributed by atoms with Gasteiger partial charge < -0.3 is 10.5 Å². The molecule has 4 unspecified atom stereocenters. The normalized spacial score (nSPS) is 25.8. The number of aliphatic carboxylic acids is 1. The van der Waals surface area contributed by atoms with E-state index < -0.39 is 10.7 Å². The molecule has 0 bridgehead atoms. The SMILES string of the molecule is C=CC(CC=N)C1=CC2C(SC(C)(CC)C(=O)O)=CC=NC2C=C1. The number of dihydropyridines is 1. The molecule has 4 atom stereocenters. The van der Waals surface area contributed by atoms with Crippen LogP contribution in [-0.4, -0.2) is 34.3 Å². The van der Waals surface area contributed by atoms with Crippen LogP contribution in [0.15, 0.2) is 52.4 Å². The minimum atomic E-state index is -0.844. The molecule has 0 saturated heterocycles. The van der Waals surface area contributed by atoms with Gasteiger partial charge in [-0.15, -0.1) is 18.3 Å². The summed E-state index contributed by atoms with van der Waals surface area (Å²) < 4.78 is -0.844. The topological polar surface area (TPSA) is 73.5 Å². The standard InChI is InChI=1S/C19H24N2O2S/c1-4-13(8-10-20)14-6-7-16-15(12-14)17(9-11-21-16)24-19(3,5-2)18(22)23/h4,6-7,9-13,15-16,20H,1,5,8H2,2-3H3,(H,22,23). The van der Waals surface area contributed by atoms with Crippen molar-refractivity contribution < 1.29 is 9.90 Å². The lowest BCUT2D eigenvalue weighted by Crippen LogP contribution is -2.33. The first kappa shape index (κ1) is 18.5. The highest BCUT2D eigenvalue weighted by Gasteiger charge is 2.37. The fourth-order valence-corrected chi connectivity index (χ4v) is 4.01. The molecule has 0 saturated carbocycles. The van der Waals surface area contributed by atoms with Crippen LogP contribution in [0.1, 0.15) is 26.7 Å². The van der Waals surface area contributed by atoms with Crippen molar-refractivity contribution in [2.24, 2.45) is 16.8 Å². The Balaban J connectivity index is 2.29. The van der Waals surface area contributed by atoms with Gasteiger partial charge in [0.2, 0.25) is 0 Å². The molecule has 0 fully saturated rings. The molecule has 0 aromatic rings. The number of carboxylic acids is 1. The first-order chi connectivity index (χ1) is 11.4. The Bertz CT molecular complexity index is 648. The van der Waals surface area contributed by atoms with Crippen LogP contribution >= 0.6 is 11.8 Å². The Labute approximate surface area is 147 Å². The second kappa shape index (κ2) is 7.79. The number of nitrogens with one attached hydrogen (secondary N) is 1. The Morgan fingerprint density at radius 2 is 2.38 bits per heavy atom. The van der Waals surface area contributed by atoms with Crippen LogP contribution in [0.4, 0.5) is 0 Å². The average Bonchev–Trinajstić information content (AvgIpc) is 2.59. The number of thioether (sulfide) groups is 1. The molecule has 0 amide bonds. The lowest BCUT2D eigenvalue weighted by Gasteiger charge is -2.33. The van der Waals surface area contributed by atoms with Gasteiger partial charge in [-0.25, -0.2) is 0 Å². The maximum Gasteiger partial charge on any atom is 0.319 e. The third-order valence-electron chi connectivity index (χ3n) is 4.61. The minimum Gasteiger partial charge on any atom is -0.480 e. The van der Waals surface area contributed by atoms with Gasteiger partial charge in [0.25, 0.3) is 0 Å². The van der Waals surface area contributed by atoms with Crippen molar-refractivity contribution in [3.8, 4) is 0 Å². The number of hydrogen-bond donors (Lipinski definition) is 2. The maximum absolute atomic E-state index is 11.6. The lowest BCUT2D eigenvalue weighted by molar-refractivity contribution is -0.139. The van der Waals surface area contributed by atoms with Crippen LogP contribution in [-0.2, 0) is 4.79 Å². The summed E-state index contributed by atoms with van der Waals surface area (Å²) in [6.45, 7) is 7.54. The van der Waals surface area contributed by atoms with Crippen molar-refractivity contribution in [2.45, 2.75) is 37.5 Å². The summed E-state index contributed by atoms with van der Waals surface area (Å²) in [6.07, 6.45) is 14.4. The summed E-state index contributed by atoms with van der Waals surface area (Å²) in [6, 6.07) is 0.0154. The highest BCUT2D eigenvalue weighted by atomic mass is 32.2. The van der Waals surface area contributed by atoms with Crippen molar-refractivity contribution in [3.63, 3.8) is 0 Å². The summed E-state index contributed by atoms with van der Waals surface area (Å²) in [5, 5.41) is 16.9. The number of carbonyl (C=O) groups is 1. The largest absolute Gasteiger partial charge is 0.480 e. The molecule has 0 aromatic heterocycles. The Morgan fingerprint density at radius 1 is 1.62 bits per heavy atom. The third kappa shape index (κ3) is 3.78. The molecule has 0 spiro atoms. The first-order valence-electron chi connectivity index (χ1n) is 8.12. The summed E-state index contributed by atoms with van der Waals surface area (Å²) >= 11 is 1.42. The fraction of sp³-hybridized carbons (Fsp3) is 0.421. The lowest BCUT2D eigenvalue weighted by atomic mass is 9.84. The summed E-state index contributed by atoms with van der Waals surface area (Å²) in [4.78, 5) is 17.2. The molecule has 0 radical (unpaired) electrons. The monoisotopic (exact) mass is 344 g/mol. The second-order valence-corrected chi connectivity index (χ2v) is 7.76. The highest BCUT2D eigenvalue weighted by molar-refractivity contribution is 8.05. The summed E-state index contributed by atoms with van der Waals surface area (Å²) in [5.41, 5.74) is 1.12. The third-order valence-corrected chi connectivity index (χ3v) is 6.16. The number of carboxylic acid groups (broad SMARTS) is 1. The second-order valence-electron chi connectivity index (χ2n) is 6.18. The fourth-order valence-electron chi connectivity index (χ4n) is 2.78. The Morgan fingerprint density at radius 3 is 2.96 bits per heavy atom. The van der Waals surface area contributed by atoms with E-state index in [4.69, 9.17) is 5.41 Å². The van der Waals surface area contributed by atoms with Crippen LogP contribution in [0.3, 0.4) is 0 Å². The van der Waals surface area contributed by atoms with E-state index in [1.165, 1.54) is 18.0 Å². The summed E-state index contributed by atoms with van der Waals surface area (Å²) in [7, 11) is 0. The van der Waals surface area contributed by atoms with Crippen LogP contribution in [0.25, 0.3) is 0 Å². The molecular formula is C19H24N2O2S. The zero-order chi connectivity index (χ0) is 17.7. The van der Waals surface area contributed by atoms with Crippen molar-refractivity contribution >= 4 is 30.2 Å². The first-order valence-corrected chi connectivity index (χ1v) is 8.94. The van der Waals surface area contributed by atoms with Gasteiger partial charge >= 0.3 is 5.97 Å². The molecule has 1 aliphatic carbocycles. The van der Waals surface area contributed by atoms with Crippen LogP contribution in [0, 0.1) is 17.2 Å². The molecular weight excluding hydrogens is 320 g/mol. The quantitative estimate of drug-likeness (QED) is 0.510. The molecule has 2 rings (SSSR count). The van der Waals surface area contributed by atoms with E-state index in [1.54, 1.807) is 13.1 Å². The van der Waals surface area contributed by atoms with Gasteiger partial charge in [-0.2, -0.15) is 0 Å². The smallest absolute Gasteiger partial charge is 0.319 e. The van der Waals surface area contributed by atoms with Gasteiger partial charge in [0, 0.05) is 18.1 Å². The predicted molar refractivity (Wildman–Crippen MR) is 102 cm³/mol. The van der Waals surface area contributed by atoms with Gasteiger partial charge in [0.1, 0.15) is 4.75 Å². The zero-order valence-electron chi connectivity index (χ0n) is 14.1. The number of fused-ring (bicyclic) bond motifs is 1. The van der Waals surface area contributed by atoms with Crippen molar-refractivity contribution in [1.82, 2.24) is 0 Å². The minimum absolute atomic E-state index is 0.0154. The number of nitrogens with zero attached hydrogens (tertiary/aromatic N) is 1. The van der Waals surface area contributed by atoms with E-state index in [9.17, 15) is 9.90 Å². The van der Waals surface area contributed by atoms with E-state index in [0.29, 0.717) is 12.8 Å². The van der Waals surface area contributed by atoms with E-state index in [-0.39, 0.29) is 17.9 Å². The Hall–Kier alpha value is -1.88. The van der Waals surface area contributed by atoms with Crippen molar-refractivity contribution in [1.29, 1.82) is 5.41 Å². The van der Waals surface area contributed by atoms with Crippen molar-refractivity contribution in [2.75, 3.05) is 0 Å². The van der Waals surface area contributed by atoms with Crippen LogP contribution < -0.4 is 0 Å². The molecule has 24 heavy (non-hydrogen) atoms. The van der Waals surface area contributed by atoms with Crippen LogP contribution in [0.5, 0.6) is 0 Å². The molecule has 1 heterocycles. The van der Waals surface area contributed by atoms with Gasteiger partial charge in [0.05, 0.1) is 6.04 Å². The molecule has 128 valence electrons. The maximum atomic E-state index is 11.6. The zero-order valence-corrected chi connectivity index (χ0v) is 14.9. The Kier molecular flexibility index (Phi) is 5.99. The van der Waals surface area contributed by atoms with Gasteiger partial charge in [-0.3, -0.25) is 9.79 Å². The van der Waals surface area contributed by atoms with Crippen LogP contribution in [0.2, 0.25) is 0 Å². The van der Waals surface area contributed by atoms with E-state index in [1.807, 2.05) is 19.1 Å². The number of aliphatic imine (C=N–C) groups is 1. The van der Waals surface area contributed by atoms with Gasteiger partial charge in [-0.1, -0.05) is 31.2 Å². The number of rotatable bonds is 8. The summed E-state index contributed by atoms with van der Waals surface area (Å²) in [5.74, 6) is -0.634. The molecule has 0 aromatic carbocycles. The van der Waals surface area contributed by atoms with Gasteiger partial charge in [0.15, 0.2) is 0 Å². The molecule has 2 N–H and O–H groups in total. The molecule has 5 heteroatoms. The molecule has 2 aliphatic rings. The van der Waals surface area contributed by atoms with Crippen molar-refractivity contribution in [3.05, 3.63) is 47.4 Å². The molecule has 1 aliphatic heterocycles.